The summed E-state index contributed by atoms with van der Waals surface area (Å²) in [6.07, 6.45) is 3.14. The molecule has 0 aliphatic carbocycles. The molecule has 3 nitrogen and oxygen atoms in total. The largest absolute Gasteiger partial charge is 0.351 e. The quantitative estimate of drug-likeness (QED) is 0.766. The molecule has 0 unspecified atom stereocenters. The van der Waals surface area contributed by atoms with Crippen LogP contribution in [0.15, 0.2) is 30.3 Å². The molecule has 0 saturated carbocycles. The molecule has 1 N–H and O–H groups in total. The molecule has 104 valence electrons. The molecular weight excluding hydrogens is 243 g/mol. The van der Waals surface area contributed by atoms with Crippen LogP contribution in [-0.2, 0) is 4.79 Å². The average Bonchev–Trinajstić information content (AvgIpc) is 2.43. The molecule has 4 heteroatoms. The van der Waals surface area contributed by atoms with Crippen LogP contribution in [0.3, 0.4) is 0 Å². The standard InChI is InChI=1S/C15H21FN2O/c1-3-18(4-2)12-11-17-15(19)10-7-13-5-8-14(16)9-6-13/h5-10H,3-4,11-12H2,1-2H3,(H,17,19). The van der Waals surface area contributed by atoms with Gasteiger partial charge < -0.3 is 10.2 Å². The van der Waals surface area contributed by atoms with Crippen molar-refractivity contribution in [2.24, 2.45) is 0 Å². The van der Waals surface area contributed by atoms with Gasteiger partial charge in [0.05, 0.1) is 0 Å². The van der Waals surface area contributed by atoms with Gasteiger partial charge in [0.15, 0.2) is 0 Å². The Labute approximate surface area is 114 Å². The van der Waals surface area contributed by atoms with E-state index in [1.54, 1.807) is 18.2 Å². The number of carbonyl (C=O) groups excluding carboxylic acids is 1. The van der Waals surface area contributed by atoms with Gasteiger partial charge in [-0.3, -0.25) is 4.79 Å². The number of amides is 1. The summed E-state index contributed by atoms with van der Waals surface area (Å²) < 4.78 is 12.7. The van der Waals surface area contributed by atoms with Crippen LogP contribution in [0.25, 0.3) is 6.08 Å². The predicted octanol–water partition coefficient (Wildman–Crippen LogP) is 2.30. The van der Waals surface area contributed by atoms with E-state index < -0.39 is 0 Å². The van der Waals surface area contributed by atoms with Crippen molar-refractivity contribution in [3.05, 3.63) is 41.7 Å². The molecule has 0 aliphatic rings. The fraction of sp³-hybridized carbons (Fsp3) is 0.400. The van der Waals surface area contributed by atoms with E-state index in [1.807, 2.05) is 0 Å². The Kier molecular flexibility index (Phi) is 6.82. The van der Waals surface area contributed by atoms with Crippen molar-refractivity contribution >= 4 is 12.0 Å². The van der Waals surface area contributed by atoms with Crippen LogP contribution >= 0.6 is 0 Å². The minimum atomic E-state index is -0.277. The van der Waals surface area contributed by atoms with Crippen molar-refractivity contribution < 1.29 is 9.18 Å². The second-order valence-corrected chi connectivity index (χ2v) is 4.20. The van der Waals surface area contributed by atoms with Crippen LogP contribution in [0, 0.1) is 5.82 Å². The van der Waals surface area contributed by atoms with Crippen LogP contribution in [-0.4, -0.2) is 37.0 Å². The first-order valence-electron chi connectivity index (χ1n) is 6.59. The van der Waals surface area contributed by atoms with E-state index in [2.05, 4.69) is 24.1 Å². The molecule has 0 spiro atoms. The molecule has 19 heavy (non-hydrogen) atoms. The topological polar surface area (TPSA) is 32.3 Å². The third-order valence-electron chi connectivity index (χ3n) is 2.92. The summed E-state index contributed by atoms with van der Waals surface area (Å²) in [5, 5.41) is 2.82. The maximum atomic E-state index is 12.7. The van der Waals surface area contributed by atoms with Gasteiger partial charge in [-0.2, -0.15) is 0 Å². The van der Waals surface area contributed by atoms with Crippen molar-refractivity contribution in [3.8, 4) is 0 Å². The summed E-state index contributed by atoms with van der Waals surface area (Å²) in [6, 6.07) is 6.01. The van der Waals surface area contributed by atoms with E-state index in [0.29, 0.717) is 6.54 Å². The average molecular weight is 264 g/mol. The predicted molar refractivity (Wildman–Crippen MR) is 76.2 cm³/mol. The Balaban J connectivity index is 2.32. The van der Waals surface area contributed by atoms with Crippen molar-refractivity contribution in [3.63, 3.8) is 0 Å². The summed E-state index contributed by atoms with van der Waals surface area (Å²) in [7, 11) is 0. The summed E-state index contributed by atoms with van der Waals surface area (Å²) in [4.78, 5) is 13.8. The normalized spacial score (nSPS) is 11.2. The minimum Gasteiger partial charge on any atom is -0.351 e. The first kappa shape index (κ1) is 15.4. The highest BCUT2D eigenvalue weighted by atomic mass is 19.1. The van der Waals surface area contributed by atoms with Crippen molar-refractivity contribution in [1.82, 2.24) is 10.2 Å². The zero-order valence-electron chi connectivity index (χ0n) is 11.5. The Morgan fingerprint density at radius 1 is 1.26 bits per heavy atom. The summed E-state index contributed by atoms with van der Waals surface area (Å²) in [5.74, 6) is -0.405. The van der Waals surface area contributed by atoms with Gasteiger partial charge >= 0.3 is 0 Å². The number of likely N-dealkylation sites (N-methyl/N-ethyl adjacent to an activating group) is 1. The first-order chi connectivity index (χ1) is 9.15. The summed E-state index contributed by atoms with van der Waals surface area (Å²) >= 11 is 0. The SMILES string of the molecule is CCN(CC)CCNC(=O)C=Cc1ccc(F)cc1. The van der Waals surface area contributed by atoms with Crippen LogP contribution in [0.2, 0.25) is 0 Å². The zero-order valence-corrected chi connectivity index (χ0v) is 11.5. The molecule has 0 atom stereocenters. The third kappa shape index (κ3) is 6.15. The molecule has 1 amide bonds. The smallest absolute Gasteiger partial charge is 0.244 e. The van der Waals surface area contributed by atoms with Gasteiger partial charge in [0.25, 0.3) is 0 Å². The number of halogens is 1. The Morgan fingerprint density at radius 2 is 1.89 bits per heavy atom. The lowest BCUT2D eigenvalue weighted by Crippen LogP contribution is -2.34. The molecule has 0 aromatic heterocycles. The van der Waals surface area contributed by atoms with Crippen molar-refractivity contribution in [2.75, 3.05) is 26.2 Å². The lowest BCUT2D eigenvalue weighted by Gasteiger charge is -2.17. The molecule has 0 fully saturated rings. The van der Waals surface area contributed by atoms with Gasteiger partial charge in [-0.1, -0.05) is 26.0 Å². The van der Waals surface area contributed by atoms with Gasteiger partial charge in [-0.05, 0) is 36.9 Å². The number of hydrogen-bond donors (Lipinski definition) is 1. The molecule has 0 saturated heterocycles. The number of carbonyl (C=O) groups is 1. The van der Waals surface area contributed by atoms with Gasteiger partial charge in [0, 0.05) is 19.2 Å². The van der Waals surface area contributed by atoms with E-state index in [4.69, 9.17) is 0 Å². The molecule has 0 radical (unpaired) electrons. The van der Waals surface area contributed by atoms with Crippen LogP contribution in [0.4, 0.5) is 4.39 Å². The molecular formula is C15H21FN2O. The second-order valence-electron chi connectivity index (χ2n) is 4.20. The molecule has 0 bridgehead atoms. The second kappa shape index (κ2) is 8.43. The van der Waals surface area contributed by atoms with E-state index in [0.717, 1.165) is 25.2 Å². The van der Waals surface area contributed by atoms with Crippen LogP contribution in [0.1, 0.15) is 19.4 Å². The molecule has 0 heterocycles. The maximum Gasteiger partial charge on any atom is 0.244 e. The lowest BCUT2D eigenvalue weighted by atomic mass is 10.2. The zero-order chi connectivity index (χ0) is 14.1. The lowest BCUT2D eigenvalue weighted by molar-refractivity contribution is -0.116. The Bertz CT molecular complexity index is 411. The summed E-state index contributed by atoms with van der Waals surface area (Å²) in [5.41, 5.74) is 0.806. The Morgan fingerprint density at radius 3 is 2.47 bits per heavy atom. The van der Waals surface area contributed by atoms with E-state index in [1.165, 1.54) is 18.2 Å². The molecule has 1 aromatic rings. The van der Waals surface area contributed by atoms with Crippen LogP contribution < -0.4 is 5.32 Å². The van der Waals surface area contributed by atoms with Crippen molar-refractivity contribution in [1.29, 1.82) is 0 Å². The first-order valence-corrected chi connectivity index (χ1v) is 6.59. The van der Waals surface area contributed by atoms with E-state index in [-0.39, 0.29) is 11.7 Å². The van der Waals surface area contributed by atoms with Gasteiger partial charge in [-0.15, -0.1) is 0 Å². The third-order valence-corrected chi connectivity index (χ3v) is 2.92. The highest BCUT2D eigenvalue weighted by Crippen LogP contribution is 2.04. The number of hydrogen-bond acceptors (Lipinski definition) is 2. The fourth-order valence-electron chi connectivity index (χ4n) is 1.68. The highest BCUT2D eigenvalue weighted by Gasteiger charge is 1.99. The highest BCUT2D eigenvalue weighted by molar-refractivity contribution is 5.91. The van der Waals surface area contributed by atoms with E-state index in [9.17, 15) is 9.18 Å². The fourth-order valence-corrected chi connectivity index (χ4v) is 1.68. The van der Waals surface area contributed by atoms with Gasteiger partial charge in [0.2, 0.25) is 5.91 Å². The summed E-state index contributed by atoms with van der Waals surface area (Å²) in [6.45, 7) is 7.65. The number of benzene rings is 1. The molecule has 1 rings (SSSR count). The number of nitrogens with one attached hydrogen (secondary N) is 1. The maximum absolute atomic E-state index is 12.7. The van der Waals surface area contributed by atoms with Crippen molar-refractivity contribution in [2.45, 2.75) is 13.8 Å². The monoisotopic (exact) mass is 264 g/mol. The number of nitrogens with zero attached hydrogens (tertiary/aromatic N) is 1. The molecule has 1 aromatic carbocycles. The van der Waals surface area contributed by atoms with Crippen LogP contribution in [0.5, 0.6) is 0 Å². The van der Waals surface area contributed by atoms with Gasteiger partial charge in [0.1, 0.15) is 5.82 Å². The minimum absolute atomic E-state index is 0.128. The molecule has 0 aliphatic heterocycles. The van der Waals surface area contributed by atoms with Gasteiger partial charge in [-0.25, -0.2) is 4.39 Å². The van der Waals surface area contributed by atoms with E-state index >= 15 is 0 Å². The Hall–Kier alpha value is -1.68. The number of rotatable bonds is 7.